The second kappa shape index (κ2) is 28.1. The predicted molar refractivity (Wildman–Crippen MR) is 366 cm³/mol. The number of hydrogen-bond acceptors (Lipinski definition) is 15. The third-order valence-corrected chi connectivity index (χ3v) is 24.0. The number of carbonyl (C=O) groups is 4. The van der Waals surface area contributed by atoms with Gasteiger partial charge in [0.2, 0.25) is 0 Å². The minimum absolute atomic E-state index is 0.0168. The smallest absolute Gasteiger partial charge is 0.468 e. The lowest BCUT2D eigenvalue weighted by Crippen LogP contribution is -2.49. The number of nitrogens with zero attached hydrogens (tertiary/aromatic N) is 1. The number of benzene rings is 6. The Morgan fingerprint density at radius 3 is 1.33 bits per heavy atom. The maximum atomic E-state index is 13.0. The molecule has 0 aromatic heterocycles. The zero-order chi connectivity index (χ0) is 69.0. The molecule has 2 aliphatic carbocycles. The molecule has 0 atom stereocenters. The van der Waals surface area contributed by atoms with Crippen LogP contribution in [-0.4, -0.2) is 99.6 Å². The summed E-state index contributed by atoms with van der Waals surface area (Å²) in [7, 11) is -5.60. The lowest BCUT2D eigenvalue weighted by Gasteiger charge is -2.38. The van der Waals surface area contributed by atoms with Crippen LogP contribution in [0, 0.1) is 13.8 Å². The Morgan fingerprint density at radius 1 is 0.532 bits per heavy atom. The minimum Gasteiger partial charge on any atom is -0.468 e. The van der Waals surface area contributed by atoms with Crippen molar-refractivity contribution in [2.75, 3.05) is 39.8 Å². The average Bonchev–Trinajstić information content (AvgIpc) is 0.727. The van der Waals surface area contributed by atoms with E-state index in [1.165, 1.54) is 35.5 Å². The summed E-state index contributed by atoms with van der Waals surface area (Å²) >= 11 is 0. The number of esters is 2. The first-order valence-electron chi connectivity index (χ1n) is 30.2. The van der Waals surface area contributed by atoms with Gasteiger partial charge in [-0.25, -0.2) is 9.59 Å². The first kappa shape index (κ1) is 71.1. The number of aryl methyl sites for hydroxylation is 2. The zero-order valence-corrected chi connectivity index (χ0v) is 58.3. The van der Waals surface area contributed by atoms with Gasteiger partial charge in [0.25, 0.3) is 0 Å². The molecular weight excluding hydrogens is 1260 g/mol. The van der Waals surface area contributed by atoms with Crippen LogP contribution < -0.4 is 34.7 Å². The van der Waals surface area contributed by atoms with Crippen LogP contribution >= 0.6 is 0 Å². The van der Waals surface area contributed by atoms with Crippen LogP contribution in [0.25, 0.3) is 11.1 Å². The molecule has 494 valence electrons. The molecule has 2 aliphatic heterocycles. The van der Waals surface area contributed by atoms with Crippen molar-refractivity contribution in [1.29, 1.82) is 0 Å². The molecule has 6 aromatic rings. The molecule has 0 spiro atoms. The summed E-state index contributed by atoms with van der Waals surface area (Å²) in [5.74, 6) is 0.0503. The molecular formula is C73H79F3N2O13SSi2. The van der Waals surface area contributed by atoms with Gasteiger partial charge >= 0.3 is 27.6 Å². The van der Waals surface area contributed by atoms with E-state index in [4.69, 9.17) is 34.2 Å². The molecule has 0 amide bonds. The number of allylic oxidation sites excluding steroid dienone is 10. The molecule has 15 nitrogen and oxygen atoms in total. The molecule has 94 heavy (non-hydrogen) atoms. The lowest BCUT2D eigenvalue weighted by molar-refractivity contribution is -0.111. The number of ketones is 2. The Bertz CT molecular complexity index is 4260. The Hall–Kier alpha value is -8.71. The molecule has 0 fully saturated rings. The number of halogens is 3. The molecule has 0 radical (unpaired) electrons. The number of fused-ring (bicyclic) bond motifs is 4. The highest BCUT2D eigenvalue weighted by atomic mass is 32.2. The molecule has 2 heterocycles. The molecule has 0 bridgehead atoms. The largest absolute Gasteiger partial charge is 0.534 e. The molecule has 4 aliphatic rings. The minimum atomic E-state index is -5.87. The van der Waals surface area contributed by atoms with Crippen molar-refractivity contribution in [3.8, 4) is 17.2 Å². The van der Waals surface area contributed by atoms with E-state index in [0.717, 1.165) is 83.4 Å². The number of nitrogens with two attached hydrogens (primary N) is 1. The lowest BCUT2D eigenvalue weighted by atomic mass is 9.87. The van der Waals surface area contributed by atoms with Crippen molar-refractivity contribution in [1.82, 2.24) is 0 Å². The molecule has 10 rings (SSSR count). The van der Waals surface area contributed by atoms with Gasteiger partial charge in [0.1, 0.15) is 44.6 Å². The number of methoxy groups -OCH3 is 2. The quantitative estimate of drug-likeness (QED) is 0.0335. The topological polar surface area (TPSA) is 196 Å². The highest BCUT2D eigenvalue weighted by Crippen LogP contribution is 2.45. The number of alkyl halides is 3. The van der Waals surface area contributed by atoms with Crippen LogP contribution in [0.5, 0.6) is 17.2 Å². The van der Waals surface area contributed by atoms with Gasteiger partial charge in [-0.05, 0) is 247 Å². The van der Waals surface area contributed by atoms with Gasteiger partial charge in [0, 0.05) is 39.2 Å². The normalized spacial score (nSPS) is 15.3. The van der Waals surface area contributed by atoms with Crippen molar-refractivity contribution < 1.29 is 73.4 Å². The average molecular weight is 1340 g/mol. The van der Waals surface area contributed by atoms with Crippen molar-refractivity contribution in [2.24, 2.45) is 5.73 Å². The van der Waals surface area contributed by atoms with Gasteiger partial charge in [0.05, 0.1) is 11.1 Å². The molecule has 0 unspecified atom stereocenters. The molecule has 2 N–H and O–H groups in total. The van der Waals surface area contributed by atoms with Crippen LogP contribution in [0.15, 0.2) is 179 Å². The molecule has 0 saturated carbocycles. The maximum absolute atomic E-state index is 13.0. The molecule has 0 saturated heterocycles. The van der Waals surface area contributed by atoms with Crippen molar-refractivity contribution in [2.45, 2.75) is 105 Å². The van der Waals surface area contributed by atoms with Gasteiger partial charge in [-0.3, -0.25) is 9.59 Å². The summed E-state index contributed by atoms with van der Waals surface area (Å²) in [6.45, 7) is 24.3. The number of anilines is 2. The Kier molecular flexibility index (Phi) is 21.3. The number of ether oxygens (including phenoxy) is 6. The fraction of sp³-hybridized carbons (Fsp3) is 0.288. The third kappa shape index (κ3) is 16.1. The van der Waals surface area contributed by atoms with Crippen LogP contribution in [0.4, 0.5) is 24.5 Å². The van der Waals surface area contributed by atoms with Crippen LogP contribution in [0.1, 0.15) is 101 Å². The van der Waals surface area contributed by atoms with Gasteiger partial charge in [-0.1, -0.05) is 74.7 Å². The second-order valence-corrected chi connectivity index (χ2v) is 36.1. The standard InChI is InChI=1S/C36H39NO5Si.C28H27F3O6SSi.C9H13NO2/c1-23-19-24(35(39)42-36(2,3)4)9-16-29(23)34-30-17-12-26(37(5)25-10-14-28(15-11-25)41-22-40-6)20-32(30)43(7,8)33-21-27(38)13-18-31(33)34;1-16-13-17(26(33)36-27(2,3)4)7-10-20(16)25-21-11-8-18(32)14-23(21)39(5,6)24-15-19(9-12-22(24)25)37-38(34,35)28(29,30)31;1-11-7-12-9-4-2-8(6-10)3-5-9/h9-21H,22H2,1-8H3;7-15H,1-6H3;2-5H,6-7,10H2,1H3. The Balaban J connectivity index is 0.000000206. The van der Waals surface area contributed by atoms with Crippen LogP contribution in [-0.2, 0) is 45.2 Å². The molecule has 6 aromatic carbocycles. The number of carbonyl (C=O) groups excluding carboxylic acids is 4. The van der Waals surface area contributed by atoms with E-state index in [0.29, 0.717) is 34.0 Å². The van der Waals surface area contributed by atoms with E-state index in [1.807, 2.05) is 127 Å². The summed E-state index contributed by atoms with van der Waals surface area (Å²) in [4.78, 5) is 52.7. The van der Waals surface area contributed by atoms with Gasteiger partial charge in [-0.15, -0.1) is 0 Å². The highest BCUT2D eigenvalue weighted by Gasteiger charge is 2.49. The monoisotopic (exact) mass is 1340 g/mol. The first-order valence-corrected chi connectivity index (χ1v) is 37.6. The summed E-state index contributed by atoms with van der Waals surface area (Å²) in [5.41, 5.74) is 11.7. The summed E-state index contributed by atoms with van der Waals surface area (Å²) in [5, 5.41) is 3.75. The number of rotatable bonds is 15. The van der Waals surface area contributed by atoms with Crippen molar-refractivity contribution in [3.63, 3.8) is 0 Å². The van der Waals surface area contributed by atoms with Gasteiger partial charge < -0.3 is 43.2 Å². The van der Waals surface area contributed by atoms with E-state index in [1.54, 1.807) is 65.3 Å². The fourth-order valence-corrected chi connectivity index (χ4v) is 17.9. The Morgan fingerprint density at radius 2 is 0.926 bits per heavy atom. The maximum Gasteiger partial charge on any atom is 0.534 e. The van der Waals surface area contributed by atoms with Crippen molar-refractivity contribution in [3.05, 3.63) is 229 Å². The van der Waals surface area contributed by atoms with Crippen LogP contribution in [0.3, 0.4) is 0 Å². The molecule has 21 heteroatoms. The van der Waals surface area contributed by atoms with E-state index >= 15 is 0 Å². The van der Waals surface area contributed by atoms with Crippen LogP contribution in [0.2, 0.25) is 26.2 Å². The van der Waals surface area contributed by atoms with E-state index in [-0.39, 0.29) is 31.1 Å². The number of hydrogen-bond donors (Lipinski definition) is 1. The first-order chi connectivity index (χ1) is 44.0. The van der Waals surface area contributed by atoms with Gasteiger partial charge in [-0.2, -0.15) is 21.6 Å². The SMILES string of the molecule is COCOc1ccc(CN)cc1.COCOc1ccc(N(C)c2ccc3c(c2)[Si](C)(C)C2=CC(=O)C=CC2=C3c2ccc(C(=O)OC(C)(C)C)cc2C)cc1.Cc1cc(C(=O)OC(C)(C)C)ccc1C1=C2C=CC(=O)C=C2[Si](C)(C)c2cc(OS(=O)(=O)C(F)(F)F)ccc21. The Labute approximate surface area is 550 Å². The summed E-state index contributed by atoms with van der Waals surface area (Å²) in [6, 6.07) is 37.1. The zero-order valence-electron chi connectivity index (χ0n) is 55.5. The summed E-state index contributed by atoms with van der Waals surface area (Å²) in [6.07, 6.45) is 10.1. The highest BCUT2D eigenvalue weighted by molar-refractivity contribution is 7.88. The van der Waals surface area contributed by atoms with Gasteiger partial charge in [0.15, 0.2) is 25.2 Å². The van der Waals surface area contributed by atoms with E-state index in [2.05, 4.69) is 47.4 Å². The predicted octanol–water partition coefficient (Wildman–Crippen LogP) is 13.7. The summed E-state index contributed by atoms with van der Waals surface area (Å²) < 4.78 is 98.3. The third-order valence-electron chi connectivity index (χ3n) is 16.0. The van der Waals surface area contributed by atoms with Crippen molar-refractivity contribution >= 4 is 82.7 Å². The fourth-order valence-electron chi connectivity index (χ4n) is 11.3. The van der Waals surface area contributed by atoms with E-state index < -0.39 is 54.7 Å². The second-order valence-electron chi connectivity index (χ2n) is 25.9. The van der Waals surface area contributed by atoms with E-state index in [9.17, 15) is 40.8 Å².